The van der Waals surface area contributed by atoms with Gasteiger partial charge in [-0.1, -0.05) is 0 Å². The molecule has 0 spiro atoms. The number of rotatable bonds is 5. The maximum atomic E-state index is 5.20. The van der Waals surface area contributed by atoms with E-state index in [9.17, 15) is 0 Å². The van der Waals surface area contributed by atoms with Gasteiger partial charge in [-0.15, -0.1) is 0 Å². The van der Waals surface area contributed by atoms with Crippen LogP contribution in [0.5, 0.6) is 0 Å². The van der Waals surface area contributed by atoms with Gasteiger partial charge in [0.25, 0.3) is 0 Å². The number of nitrogens with zero attached hydrogens (tertiary/aromatic N) is 6. The first-order valence-corrected chi connectivity index (χ1v) is 9.81. The lowest BCUT2D eigenvalue weighted by Gasteiger charge is -2.24. The van der Waals surface area contributed by atoms with Crippen LogP contribution in [0.15, 0.2) is 24.5 Å². The van der Waals surface area contributed by atoms with Gasteiger partial charge in [-0.3, -0.25) is 4.98 Å². The predicted molar refractivity (Wildman–Crippen MR) is 104 cm³/mol. The second-order valence-electron chi connectivity index (χ2n) is 7.29. The average Bonchev–Trinajstić information content (AvgIpc) is 3.36. The first kappa shape index (κ1) is 17.2. The Kier molecular flexibility index (Phi) is 4.48. The molecule has 0 radical (unpaired) electrons. The van der Waals surface area contributed by atoms with Crippen molar-refractivity contribution in [3.05, 3.63) is 47.4 Å². The Morgan fingerprint density at radius 2 is 2.04 bits per heavy atom. The van der Waals surface area contributed by atoms with Gasteiger partial charge in [0.15, 0.2) is 11.6 Å². The molecule has 3 aromatic heterocycles. The molecule has 1 atom stereocenters. The lowest BCUT2D eigenvalue weighted by Crippen LogP contribution is -2.23. The number of ether oxygens (including phenoxy) is 1. The van der Waals surface area contributed by atoms with Gasteiger partial charge in [-0.05, 0) is 44.2 Å². The van der Waals surface area contributed by atoms with E-state index in [0.717, 1.165) is 73.2 Å². The largest absolute Gasteiger partial charge is 0.377 e. The monoisotopic (exact) mass is 377 g/mol. The van der Waals surface area contributed by atoms with Gasteiger partial charge >= 0.3 is 0 Å². The summed E-state index contributed by atoms with van der Waals surface area (Å²) in [5.41, 5.74) is 3.38. The minimum Gasteiger partial charge on any atom is -0.377 e. The van der Waals surface area contributed by atoms with Gasteiger partial charge in [0.1, 0.15) is 18.2 Å². The molecule has 1 unspecified atom stereocenters. The van der Waals surface area contributed by atoms with Crippen molar-refractivity contribution < 1.29 is 4.74 Å². The SMILES string of the molecule is COCc1nc2n(n1)CCCC2Nc1nc(-c2ccncc2)nc2c1CCC2. The number of fused-ring (bicyclic) bond motifs is 2. The van der Waals surface area contributed by atoms with Gasteiger partial charge in [-0.25, -0.2) is 19.6 Å². The minimum absolute atomic E-state index is 0.0942. The van der Waals surface area contributed by atoms with Crippen molar-refractivity contribution in [2.45, 2.75) is 51.3 Å². The van der Waals surface area contributed by atoms with E-state index in [4.69, 9.17) is 19.7 Å². The van der Waals surface area contributed by atoms with E-state index >= 15 is 0 Å². The number of anilines is 1. The number of nitrogens with one attached hydrogen (secondary N) is 1. The van der Waals surface area contributed by atoms with Crippen LogP contribution >= 0.6 is 0 Å². The molecule has 8 heteroatoms. The normalized spacial score (nSPS) is 18.0. The minimum atomic E-state index is 0.0942. The van der Waals surface area contributed by atoms with Crippen molar-refractivity contribution in [1.29, 1.82) is 0 Å². The third kappa shape index (κ3) is 3.13. The molecule has 0 fully saturated rings. The highest BCUT2D eigenvalue weighted by molar-refractivity contribution is 5.60. The van der Waals surface area contributed by atoms with Crippen molar-refractivity contribution >= 4 is 5.82 Å². The molecule has 3 aromatic rings. The third-order valence-corrected chi connectivity index (χ3v) is 5.37. The van der Waals surface area contributed by atoms with E-state index in [0.29, 0.717) is 6.61 Å². The van der Waals surface area contributed by atoms with Gasteiger partial charge in [0, 0.05) is 42.9 Å². The van der Waals surface area contributed by atoms with Crippen LogP contribution in [0.25, 0.3) is 11.4 Å². The Balaban J connectivity index is 1.50. The third-order valence-electron chi connectivity index (χ3n) is 5.37. The van der Waals surface area contributed by atoms with E-state index in [1.807, 2.05) is 16.8 Å². The Morgan fingerprint density at radius 3 is 2.89 bits per heavy atom. The lowest BCUT2D eigenvalue weighted by atomic mass is 10.1. The molecule has 0 bridgehead atoms. The number of aryl methyl sites for hydroxylation is 2. The van der Waals surface area contributed by atoms with Gasteiger partial charge < -0.3 is 10.1 Å². The Hall–Kier alpha value is -2.87. The molecule has 8 nitrogen and oxygen atoms in total. The molecule has 1 aliphatic heterocycles. The quantitative estimate of drug-likeness (QED) is 0.731. The van der Waals surface area contributed by atoms with Crippen LogP contribution in [-0.4, -0.2) is 36.8 Å². The summed E-state index contributed by atoms with van der Waals surface area (Å²) < 4.78 is 7.20. The fourth-order valence-corrected chi connectivity index (χ4v) is 4.07. The molecule has 0 amide bonds. The second kappa shape index (κ2) is 7.27. The molecule has 0 saturated carbocycles. The molecule has 1 N–H and O–H groups in total. The van der Waals surface area contributed by atoms with Crippen LogP contribution in [0.2, 0.25) is 0 Å². The van der Waals surface area contributed by atoms with E-state index < -0.39 is 0 Å². The van der Waals surface area contributed by atoms with E-state index in [-0.39, 0.29) is 6.04 Å². The fourth-order valence-electron chi connectivity index (χ4n) is 4.07. The van der Waals surface area contributed by atoms with Crippen LogP contribution in [-0.2, 0) is 30.7 Å². The molecule has 2 aliphatic rings. The zero-order valence-corrected chi connectivity index (χ0v) is 15.9. The van der Waals surface area contributed by atoms with Gasteiger partial charge in [0.05, 0.1) is 6.04 Å². The smallest absolute Gasteiger partial charge is 0.176 e. The van der Waals surface area contributed by atoms with Gasteiger partial charge in [0.2, 0.25) is 0 Å². The standard InChI is InChI=1S/C20H23N7O/c1-28-12-17-24-20-16(6-3-11-27(20)26-17)23-19-14-4-2-5-15(14)22-18(25-19)13-7-9-21-10-8-13/h7-10,16H,2-6,11-12H2,1H3,(H,22,23,25). The second-order valence-corrected chi connectivity index (χ2v) is 7.29. The lowest BCUT2D eigenvalue weighted by molar-refractivity contribution is 0.177. The number of pyridine rings is 1. The number of hydrogen-bond donors (Lipinski definition) is 1. The van der Waals surface area contributed by atoms with Crippen LogP contribution in [0.1, 0.15) is 48.2 Å². The molecule has 0 aromatic carbocycles. The molecule has 1 aliphatic carbocycles. The Morgan fingerprint density at radius 1 is 1.14 bits per heavy atom. The van der Waals surface area contributed by atoms with Crippen molar-refractivity contribution in [1.82, 2.24) is 29.7 Å². The summed E-state index contributed by atoms with van der Waals surface area (Å²) in [5, 5.41) is 8.24. The number of aromatic nitrogens is 6. The summed E-state index contributed by atoms with van der Waals surface area (Å²) in [7, 11) is 1.67. The molecule has 144 valence electrons. The maximum Gasteiger partial charge on any atom is 0.176 e. The first-order valence-electron chi connectivity index (χ1n) is 9.81. The summed E-state index contributed by atoms with van der Waals surface area (Å²) in [6.07, 6.45) is 8.77. The van der Waals surface area contributed by atoms with E-state index in [2.05, 4.69) is 15.4 Å². The van der Waals surface area contributed by atoms with Crippen LogP contribution in [0.4, 0.5) is 5.82 Å². The summed E-state index contributed by atoms with van der Waals surface area (Å²) in [6, 6.07) is 4.00. The number of methoxy groups -OCH3 is 1. The van der Waals surface area contributed by atoms with Crippen molar-refractivity contribution in [2.75, 3.05) is 12.4 Å². The van der Waals surface area contributed by atoms with Gasteiger partial charge in [-0.2, -0.15) is 5.10 Å². The Bertz CT molecular complexity index is 986. The Labute approximate surface area is 163 Å². The van der Waals surface area contributed by atoms with Crippen molar-refractivity contribution in [2.24, 2.45) is 0 Å². The molecule has 28 heavy (non-hydrogen) atoms. The predicted octanol–water partition coefficient (Wildman–Crippen LogP) is 2.71. The molecule has 4 heterocycles. The number of hydrogen-bond acceptors (Lipinski definition) is 7. The zero-order valence-electron chi connectivity index (χ0n) is 15.9. The highest BCUT2D eigenvalue weighted by Gasteiger charge is 2.27. The molecule has 0 saturated heterocycles. The topological polar surface area (TPSA) is 90.6 Å². The average molecular weight is 377 g/mol. The molecular weight excluding hydrogens is 354 g/mol. The highest BCUT2D eigenvalue weighted by Crippen LogP contribution is 2.33. The summed E-state index contributed by atoms with van der Waals surface area (Å²) >= 11 is 0. The van der Waals surface area contributed by atoms with Crippen molar-refractivity contribution in [3.8, 4) is 11.4 Å². The maximum absolute atomic E-state index is 5.20. The first-order chi connectivity index (χ1) is 13.8. The van der Waals surface area contributed by atoms with Crippen LogP contribution < -0.4 is 5.32 Å². The van der Waals surface area contributed by atoms with Crippen LogP contribution in [0.3, 0.4) is 0 Å². The summed E-state index contributed by atoms with van der Waals surface area (Å²) in [4.78, 5) is 18.5. The van der Waals surface area contributed by atoms with E-state index in [1.165, 1.54) is 5.56 Å². The van der Waals surface area contributed by atoms with Crippen LogP contribution in [0, 0.1) is 0 Å². The summed E-state index contributed by atoms with van der Waals surface area (Å²) in [5.74, 6) is 3.39. The fraction of sp³-hybridized carbons (Fsp3) is 0.450. The zero-order chi connectivity index (χ0) is 18.9. The van der Waals surface area contributed by atoms with E-state index in [1.54, 1.807) is 19.5 Å². The molecular formula is C20H23N7O. The molecule has 5 rings (SSSR count). The highest BCUT2D eigenvalue weighted by atomic mass is 16.5. The van der Waals surface area contributed by atoms with Crippen molar-refractivity contribution in [3.63, 3.8) is 0 Å². The summed E-state index contributed by atoms with van der Waals surface area (Å²) in [6.45, 7) is 1.33.